The zero-order valence-corrected chi connectivity index (χ0v) is 15.5. The Kier molecular flexibility index (Phi) is 4.37. The highest BCUT2D eigenvalue weighted by molar-refractivity contribution is 7.93. The van der Waals surface area contributed by atoms with Gasteiger partial charge in [-0.2, -0.15) is 5.10 Å². The highest BCUT2D eigenvalue weighted by Gasteiger charge is 2.19. The molecular weight excluding hydrogens is 360 g/mol. The number of anilines is 1. The van der Waals surface area contributed by atoms with Gasteiger partial charge < -0.3 is 0 Å². The number of nitrogens with zero attached hydrogens (tertiary/aromatic N) is 3. The summed E-state index contributed by atoms with van der Waals surface area (Å²) in [5.41, 5.74) is 2.73. The van der Waals surface area contributed by atoms with Gasteiger partial charge in [0.1, 0.15) is 4.90 Å². The molecule has 0 spiro atoms. The van der Waals surface area contributed by atoms with Crippen LogP contribution in [0.5, 0.6) is 0 Å². The highest BCUT2D eigenvalue weighted by atomic mass is 32.2. The third-order valence-corrected chi connectivity index (χ3v) is 5.74. The summed E-state index contributed by atoms with van der Waals surface area (Å²) in [4.78, 5) is 4.35. The molecule has 0 unspecified atom stereocenters. The normalized spacial score (nSPS) is 11.6. The smallest absolute Gasteiger partial charge is 0.265 e. The first-order chi connectivity index (χ1) is 13.0. The van der Waals surface area contributed by atoms with E-state index in [1.807, 2.05) is 43.3 Å². The van der Waals surface area contributed by atoms with Crippen molar-refractivity contribution in [2.75, 3.05) is 4.72 Å². The van der Waals surface area contributed by atoms with Gasteiger partial charge in [-0.05, 0) is 30.2 Å². The van der Waals surface area contributed by atoms with Crippen LogP contribution in [0.4, 0.5) is 5.82 Å². The Balaban J connectivity index is 1.60. The molecule has 1 N–H and O–H groups in total. The van der Waals surface area contributed by atoms with E-state index in [2.05, 4.69) is 14.8 Å². The average molecular weight is 378 g/mol. The summed E-state index contributed by atoms with van der Waals surface area (Å²) < 4.78 is 29.9. The molecule has 0 aliphatic heterocycles. The number of para-hydroxylation sites is 1. The summed E-state index contributed by atoms with van der Waals surface area (Å²) in [6.07, 6.45) is 3.34. The van der Waals surface area contributed by atoms with Gasteiger partial charge in [0.25, 0.3) is 10.0 Å². The molecule has 0 amide bonds. The number of fused-ring (bicyclic) bond motifs is 1. The number of aryl methyl sites for hydroxylation is 1. The Labute approximate surface area is 157 Å². The topological polar surface area (TPSA) is 76.9 Å². The molecule has 0 saturated carbocycles. The quantitative estimate of drug-likeness (QED) is 0.576. The molecule has 6 nitrogen and oxygen atoms in total. The molecule has 0 bridgehead atoms. The van der Waals surface area contributed by atoms with Gasteiger partial charge in [-0.25, -0.2) is 8.42 Å². The summed E-state index contributed by atoms with van der Waals surface area (Å²) >= 11 is 0. The van der Waals surface area contributed by atoms with Crippen molar-refractivity contribution in [3.63, 3.8) is 0 Å². The lowest BCUT2D eigenvalue weighted by atomic mass is 10.1. The predicted octanol–water partition coefficient (Wildman–Crippen LogP) is 3.59. The van der Waals surface area contributed by atoms with E-state index in [4.69, 9.17) is 0 Å². The molecule has 0 radical (unpaired) electrons. The van der Waals surface area contributed by atoms with Crippen LogP contribution in [0.1, 0.15) is 11.1 Å². The van der Waals surface area contributed by atoms with Gasteiger partial charge in [-0.15, -0.1) is 0 Å². The van der Waals surface area contributed by atoms with E-state index in [9.17, 15) is 8.42 Å². The molecule has 2 aromatic carbocycles. The van der Waals surface area contributed by atoms with Crippen LogP contribution in [0, 0.1) is 6.92 Å². The number of aromatic nitrogens is 3. The average Bonchev–Trinajstić information content (AvgIpc) is 3.09. The van der Waals surface area contributed by atoms with E-state index in [0.717, 1.165) is 16.5 Å². The molecule has 2 heterocycles. The van der Waals surface area contributed by atoms with Crippen LogP contribution in [0.3, 0.4) is 0 Å². The second kappa shape index (κ2) is 6.85. The maximum absolute atomic E-state index is 12.8. The molecule has 7 heteroatoms. The Bertz CT molecular complexity index is 1210. The largest absolute Gasteiger partial charge is 0.266 e. The van der Waals surface area contributed by atoms with Crippen molar-refractivity contribution in [1.82, 2.24) is 14.8 Å². The minimum Gasteiger partial charge on any atom is -0.266 e. The van der Waals surface area contributed by atoms with Crippen molar-refractivity contribution in [2.45, 2.75) is 18.4 Å². The minimum absolute atomic E-state index is 0.133. The molecule has 4 rings (SSSR count). The first-order valence-corrected chi connectivity index (χ1v) is 9.96. The molecule has 0 atom stereocenters. The Morgan fingerprint density at radius 3 is 2.67 bits per heavy atom. The summed E-state index contributed by atoms with van der Waals surface area (Å²) in [6, 6.07) is 18.4. The number of benzene rings is 2. The maximum Gasteiger partial charge on any atom is 0.265 e. The number of hydrogen-bond acceptors (Lipinski definition) is 4. The van der Waals surface area contributed by atoms with Gasteiger partial charge >= 0.3 is 0 Å². The first kappa shape index (κ1) is 17.2. The number of nitrogens with one attached hydrogen (secondary N) is 1. The maximum atomic E-state index is 12.8. The van der Waals surface area contributed by atoms with Crippen molar-refractivity contribution >= 4 is 26.7 Å². The summed E-state index contributed by atoms with van der Waals surface area (Å²) in [5.74, 6) is 0.275. The SMILES string of the molecule is Cc1ccccc1Cn1ccc(NS(=O)(=O)c2cccc3cccnc23)n1. The van der Waals surface area contributed by atoms with Crippen LogP contribution in [0.2, 0.25) is 0 Å². The van der Waals surface area contributed by atoms with Crippen LogP contribution in [0.25, 0.3) is 10.9 Å². The van der Waals surface area contributed by atoms with E-state index in [-0.39, 0.29) is 10.7 Å². The Morgan fingerprint density at radius 1 is 1.00 bits per heavy atom. The molecule has 0 aliphatic rings. The fraction of sp³-hybridized carbons (Fsp3) is 0.100. The molecule has 0 aliphatic carbocycles. The lowest BCUT2D eigenvalue weighted by Crippen LogP contribution is -2.14. The fourth-order valence-corrected chi connectivity index (χ4v) is 4.13. The minimum atomic E-state index is -3.80. The summed E-state index contributed by atoms with van der Waals surface area (Å²) in [6.45, 7) is 2.61. The molecule has 0 fully saturated rings. The number of hydrogen-bond donors (Lipinski definition) is 1. The summed E-state index contributed by atoms with van der Waals surface area (Å²) in [7, 11) is -3.80. The third-order valence-electron chi connectivity index (χ3n) is 4.36. The number of sulfonamides is 1. The van der Waals surface area contributed by atoms with Crippen LogP contribution >= 0.6 is 0 Å². The van der Waals surface area contributed by atoms with Gasteiger partial charge in [0.15, 0.2) is 5.82 Å². The van der Waals surface area contributed by atoms with E-state index >= 15 is 0 Å². The van der Waals surface area contributed by atoms with Crippen LogP contribution in [-0.4, -0.2) is 23.2 Å². The fourth-order valence-electron chi connectivity index (χ4n) is 2.95. The monoisotopic (exact) mass is 378 g/mol. The van der Waals surface area contributed by atoms with Crippen LogP contribution < -0.4 is 4.72 Å². The van der Waals surface area contributed by atoms with Crippen molar-refractivity contribution in [3.05, 3.63) is 84.2 Å². The molecule has 4 aromatic rings. The molecule has 136 valence electrons. The van der Waals surface area contributed by atoms with Gasteiger partial charge in [-0.3, -0.25) is 14.4 Å². The van der Waals surface area contributed by atoms with E-state index < -0.39 is 10.0 Å². The van der Waals surface area contributed by atoms with Crippen LogP contribution in [0.15, 0.2) is 78.0 Å². The Hall–Kier alpha value is -3.19. The third kappa shape index (κ3) is 3.54. The molecule has 27 heavy (non-hydrogen) atoms. The van der Waals surface area contributed by atoms with Gasteiger partial charge in [0.2, 0.25) is 0 Å². The number of pyridine rings is 1. The van der Waals surface area contributed by atoms with E-state index in [0.29, 0.717) is 12.1 Å². The molecular formula is C20H18N4O2S. The lowest BCUT2D eigenvalue weighted by Gasteiger charge is -2.08. The Morgan fingerprint density at radius 2 is 1.81 bits per heavy atom. The predicted molar refractivity (Wildman–Crippen MR) is 105 cm³/mol. The summed E-state index contributed by atoms with van der Waals surface area (Å²) in [5, 5.41) is 5.11. The van der Waals surface area contributed by atoms with Gasteiger partial charge in [0.05, 0.1) is 12.1 Å². The molecule has 0 saturated heterocycles. The van der Waals surface area contributed by atoms with Gasteiger partial charge in [-0.1, -0.05) is 42.5 Å². The van der Waals surface area contributed by atoms with Crippen molar-refractivity contribution in [1.29, 1.82) is 0 Å². The van der Waals surface area contributed by atoms with Crippen molar-refractivity contribution in [2.24, 2.45) is 0 Å². The molecule has 2 aromatic heterocycles. The second-order valence-corrected chi connectivity index (χ2v) is 7.91. The van der Waals surface area contributed by atoms with Crippen molar-refractivity contribution < 1.29 is 8.42 Å². The van der Waals surface area contributed by atoms with E-state index in [1.165, 1.54) is 0 Å². The zero-order valence-electron chi connectivity index (χ0n) is 14.7. The lowest BCUT2D eigenvalue weighted by molar-refractivity contribution is 0.601. The van der Waals surface area contributed by atoms with Crippen LogP contribution in [-0.2, 0) is 16.6 Å². The van der Waals surface area contributed by atoms with E-state index in [1.54, 1.807) is 41.3 Å². The highest BCUT2D eigenvalue weighted by Crippen LogP contribution is 2.22. The first-order valence-electron chi connectivity index (χ1n) is 8.47. The van der Waals surface area contributed by atoms with Gasteiger partial charge in [0, 0.05) is 23.8 Å². The van der Waals surface area contributed by atoms with Crippen molar-refractivity contribution in [3.8, 4) is 0 Å². The second-order valence-electron chi connectivity index (χ2n) is 6.26. The zero-order chi connectivity index (χ0) is 18.9. The standard InChI is InChI=1S/C20H18N4O2S/c1-15-6-2-3-7-17(15)14-24-13-11-19(22-24)23-27(25,26)18-10-4-8-16-9-5-12-21-20(16)18/h2-13H,14H2,1H3,(H,22,23). The number of rotatable bonds is 5.